The van der Waals surface area contributed by atoms with Crippen molar-refractivity contribution >= 4 is 25.7 Å². The summed E-state index contributed by atoms with van der Waals surface area (Å²) in [5.74, 6) is -2.59. The fourth-order valence-corrected chi connectivity index (χ4v) is 6.19. The van der Waals surface area contributed by atoms with Crippen molar-refractivity contribution in [2.75, 3.05) is 19.8 Å². The van der Waals surface area contributed by atoms with Gasteiger partial charge in [0.05, 0.1) is 25.4 Å². The van der Waals surface area contributed by atoms with Crippen LogP contribution in [-0.2, 0) is 42.2 Å². The van der Waals surface area contributed by atoms with Gasteiger partial charge in [-0.3, -0.25) is 23.4 Å². The van der Waals surface area contributed by atoms with Crippen LogP contribution in [0, 0.1) is 0 Å². The van der Waals surface area contributed by atoms with Crippen molar-refractivity contribution in [2.24, 2.45) is 5.73 Å². The number of unbranched alkanes of at least 4 members (excludes halogenated alkanes) is 3. The summed E-state index contributed by atoms with van der Waals surface area (Å²) in [4.78, 5) is 46.1. The molecule has 3 unspecified atom stereocenters. The Labute approximate surface area is 365 Å². The number of nitrogens with two attached hydrogens (primary N) is 1. The third kappa shape index (κ3) is 35.4. The van der Waals surface area contributed by atoms with E-state index >= 15 is 0 Å². The van der Waals surface area contributed by atoms with Crippen molar-refractivity contribution in [3.8, 4) is 0 Å². The quantitative estimate of drug-likeness (QED) is 0.0176. The predicted molar refractivity (Wildman–Crippen MR) is 244 cm³/mol. The van der Waals surface area contributed by atoms with Crippen LogP contribution >= 0.6 is 7.82 Å². The van der Waals surface area contributed by atoms with Crippen LogP contribution in [0.2, 0.25) is 0 Å². The van der Waals surface area contributed by atoms with Gasteiger partial charge < -0.3 is 29.9 Å². The Morgan fingerprint density at radius 2 is 1.13 bits per heavy atom. The SMILES string of the molecule is CC/C=C\C/C=C\C/C=C\C/C=C\C/C=C\C/C=C\CCC(=O)OC[C@H](COP(=O)(O)OC[C@H](N)C(=O)O)OC(=O)CCCC1OC1C/C=C\C/C=C\C/C=C\CCCCC. The number of carbonyl (C=O) groups excluding carboxylic acids is 2. The molecule has 61 heavy (non-hydrogen) atoms. The normalized spacial score (nSPS) is 18.0. The molecule has 1 aliphatic heterocycles. The van der Waals surface area contributed by atoms with Gasteiger partial charge in [0.2, 0.25) is 0 Å². The third-order valence-corrected chi connectivity index (χ3v) is 9.89. The van der Waals surface area contributed by atoms with Gasteiger partial charge in [-0.05, 0) is 89.9 Å². The molecule has 0 saturated carbocycles. The average molecular weight is 872 g/mol. The number of hydrogen-bond acceptors (Lipinski definition) is 10. The minimum atomic E-state index is -4.77. The minimum Gasteiger partial charge on any atom is -0.480 e. The van der Waals surface area contributed by atoms with Crippen molar-refractivity contribution in [3.63, 3.8) is 0 Å². The lowest BCUT2D eigenvalue weighted by Crippen LogP contribution is -2.34. The van der Waals surface area contributed by atoms with Gasteiger partial charge in [-0.15, -0.1) is 0 Å². The van der Waals surface area contributed by atoms with Crippen LogP contribution in [0.25, 0.3) is 0 Å². The predicted octanol–water partition coefficient (Wildman–Crippen LogP) is 10.8. The molecule has 1 rings (SSSR count). The first-order valence-corrected chi connectivity index (χ1v) is 23.5. The van der Waals surface area contributed by atoms with Crippen molar-refractivity contribution in [2.45, 2.75) is 154 Å². The number of carboxylic acid groups (broad SMARTS) is 1. The van der Waals surface area contributed by atoms with Crippen molar-refractivity contribution in [3.05, 3.63) is 109 Å². The maximum absolute atomic E-state index is 12.7. The largest absolute Gasteiger partial charge is 0.480 e. The molecule has 1 fully saturated rings. The molecule has 4 N–H and O–H groups in total. The molecule has 0 spiro atoms. The molecular formula is C48H74NO11P. The zero-order valence-corrected chi connectivity index (χ0v) is 37.5. The Bertz CT molecular complexity index is 1510. The number of phosphoric acid groups is 1. The Balaban J connectivity index is 2.41. The average Bonchev–Trinajstić information content (AvgIpc) is 3.99. The number of esters is 2. The van der Waals surface area contributed by atoms with E-state index in [-0.39, 0.29) is 25.0 Å². The molecule has 0 radical (unpaired) electrons. The molecule has 12 nitrogen and oxygen atoms in total. The first kappa shape index (κ1) is 55.1. The molecule has 5 atom stereocenters. The van der Waals surface area contributed by atoms with Gasteiger partial charge in [0.25, 0.3) is 0 Å². The molecular weight excluding hydrogens is 797 g/mol. The van der Waals surface area contributed by atoms with Crippen molar-refractivity contribution in [1.29, 1.82) is 0 Å². The fraction of sp³-hybridized carbons (Fsp3) is 0.562. The van der Waals surface area contributed by atoms with E-state index in [4.69, 9.17) is 29.6 Å². The van der Waals surface area contributed by atoms with Crippen LogP contribution in [0.15, 0.2) is 109 Å². The lowest BCUT2D eigenvalue weighted by Gasteiger charge is -2.20. The highest BCUT2D eigenvalue weighted by Crippen LogP contribution is 2.43. The Morgan fingerprint density at radius 3 is 1.67 bits per heavy atom. The molecule has 1 heterocycles. The number of rotatable bonds is 38. The van der Waals surface area contributed by atoms with E-state index in [2.05, 4.69) is 116 Å². The van der Waals surface area contributed by atoms with Crippen LogP contribution in [0.1, 0.15) is 129 Å². The molecule has 0 aromatic heterocycles. The van der Waals surface area contributed by atoms with Crippen LogP contribution in [0.5, 0.6) is 0 Å². The third-order valence-electron chi connectivity index (χ3n) is 8.94. The molecule has 1 saturated heterocycles. The molecule has 0 aromatic carbocycles. The monoisotopic (exact) mass is 871 g/mol. The zero-order valence-electron chi connectivity index (χ0n) is 36.6. The lowest BCUT2D eigenvalue weighted by atomic mass is 10.1. The Kier molecular flexibility index (Phi) is 34.2. The number of phosphoric ester groups is 1. The number of hydrogen-bond donors (Lipinski definition) is 3. The topological polar surface area (TPSA) is 184 Å². The summed E-state index contributed by atoms with van der Waals surface area (Å²) < 4.78 is 38.4. The second-order valence-corrected chi connectivity index (χ2v) is 15.9. The van der Waals surface area contributed by atoms with Crippen LogP contribution in [0.4, 0.5) is 0 Å². The number of aliphatic carboxylic acids is 1. The molecule has 1 aliphatic rings. The van der Waals surface area contributed by atoms with Gasteiger partial charge in [0.15, 0.2) is 6.10 Å². The molecule has 0 aromatic rings. The molecule has 0 amide bonds. The highest BCUT2D eigenvalue weighted by Gasteiger charge is 2.37. The fourth-order valence-electron chi connectivity index (χ4n) is 5.41. The van der Waals surface area contributed by atoms with E-state index < -0.39 is 57.7 Å². The second-order valence-electron chi connectivity index (χ2n) is 14.5. The molecule has 0 bridgehead atoms. The first-order chi connectivity index (χ1) is 29.6. The number of carbonyl (C=O) groups is 3. The smallest absolute Gasteiger partial charge is 0.472 e. The van der Waals surface area contributed by atoms with Crippen LogP contribution < -0.4 is 5.73 Å². The van der Waals surface area contributed by atoms with Gasteiger partial charge in [-0.1, -0.05) is 136 Å². The van der Waals surface area contributed by atoms with Crippen LogP contribution in [-0.4, -0.2) is 72.1 Å². The summed E-state index contributed by atoms with van der Waals surface area (Å²) in [6, 6.07) is -1.55. The summed E-state index contributed by atoms with van der Waals surface area (Å²) in [6.45, 7) is 2.48. The van der Waals surface area contributed by atoms with Gasteiger partial charge in [-0.2, -0.15) is 0 Å². The van der Waals surface area contributed by atoms with Gasteiger partial charge in [0.1, 0.15) is 12.6 Å². The second kappa shape index (κ2) is 37.8. The standard InChI is InChI=1S/C48H74NO11P/c1-3-5-7-9-11-13-15-17-18-19-20-21-22-23-25-27-29-31-33-37-46(50)56-39-42(40-57-61(54,55)58-41-43(49)48(52)53)59-47(51)38-34-36-45-44(60-45)35-32-30-28-26-24-16-14-12-10-8-6-4-2/h5,7,11-14,17-18,20-21,23-26,29-32,42-45H,3-4,6,8-10,15-16,19,22,27-28,33-41,49H2,1-2H3,(H,52,53)(H,54,55)/b7-5-,13-11-,14-12-,18-17-,21-20-,25-23-,26-24-,31-29-,32-30-/t42-,43+,44?,45?/m1/s1. The van der Waals surface area contributed by atoms with Gasteiger partial charge in [-0.25, -0.2) is 4.57 Å². The first-order valence-electron chi connectivity index (χ1n) is 22.0. The van der Waals surface area contributed by atoms with Crippen molar-refractivity contribution in [1.82, 2.24) is 0 Å². The summed E-state index contributed by atoms with van der Waals surface area (Å²) in [7, 11) is -4.77. The van der Waals surface area contributed by atoms with E-state index in [1.165, 1.54) is 19.3 Å². The Hall–Kier alpha value is -3.90. The molecule has 13 heteroatoms. The van der Waals surface area contributed by atoms with E-state index in [1.54, 1.807) is 0 Å². The van der Waals surface area contributed by atoms with E-state index in [9.17, 15) is 23.8 Å². The van der Waals surface area contributed by atoms with Crippen LogP contribution in [0.3, 0.4) is 0 Å². The highest BCUT2D eigenvalue weighted by molar-refractivity contribution is 7.47. The van der Waals surface area contributed by atoms with E-state index in [0.29, 0.717) is 19.3 Å². The van der Waals surface area contributed by atoms with Gasteiger partial charge >= 0.3 is 25.7 Å². The maximum atomic E-state index is 12.7. The highest BCUT2D eigenvalue weighted by atomic mass is 31.2. The van der Waals surface area contributed by atoms with Gasteiger partial charge in [0, 0.05) is 12.8 Å². The minimum absolute atomic E-state index is 0.0497. The van der Waals surface area contributed by atoms with E-state index in [1.807, 2.05) is 12.2 Å². The van der Waals surface area contributed by atoms with Crippen molar-refractivity contribution < 1.29 is 52.2 Å². The summed E-state index contributed by atoms with van der Waals surface area (Å²) in [5, 5.41) is 8.90. The number of epoxide rings is 1. The number of carboxylic acids is 1. The lowest BCUT2D eigenvalue weighted by molar-refractivity contribution is -0.161. The van der Waals surface area contributed by atoms with E-state index in [0.717, 1.165) is 64.2 Å². The summed E-state index contributed by atoms with van der Waals surface area (Å²) in [6.07, 6.45) is 51.9. The summed E-state index contributed by atoms with van der Waals surface area (Å²) in [5.41, 5.74) is 5.33. The molecule has 342 valence electrons. The zero-order chi connectivity index (χ0) is 44.7. The number of allylic oxidation sites excluding steroid dienone is 17. The summed E-state index contributed by atoms with van der Waals surface area (Å²) >= 11 is 0. The maximum Gasteiger partial charge on any atom is 0.472 e. The molecule has 0 aliphatic carbocycles. The number of ether oxygens (including phenoxy) is 3. The Morgan fingerprint density at radius 1 is 0.623 bits per heavy atom.